The lowest BCUT2D eigenvalue weighted by atomic mass is 10.1. The normalized spacial score (nSPS) is 12.0. The van der Waals surface area contributed by atoms with Gasteiger partial charge in [-0.3, -0.25) is 0 Å². The highest BCUT2D eigenvalue weighted by Gasteiger charge is 2.15. The standard InChI is InChI=1S/C18H22FN3S/c1-22(2)13-17(15-6-4-3-5-7-15)21-18(23)20-12-14-8-10-16(19)11-9-14/h3-11,17H,12-13H2,1-2H3,(H2,20,21,23)/p+1/t17-/m1/s1. The molecule has 0 amide bonds. The summed E-state index contributed by atoms with van der Waals surface area (Å²) in [6.07, 6.45) is 0. The van der Waals surface area contributed by atoms with E-state index in [2.05, 4.69) is 36.9 Å². The molecule has 0 saturated heterocycles. The maximum atomic E-state index is 12.9. The van der Waals surface area contributed by atoms with Gasteiger partial charge >= 0.3 is 0 Å². The lowest BCUT2D eigenvalue weighted by Crippen LogP contribution is -3.06. The van der Waals surface area contributed by atoms with Crippen LogP contribution in [-0.4, -0.2) is 25.8 Å². The van der Waals surface area contributed by atoms with E-state index in [1.54, 1.807) is 12.1 Å². The fourth-order valence-electron chi connectivity index (χ4n) is 2.34. The second-order valence-electron chi connectivity index (χ2n) is 5.83. The van der Waals surface area contributed by atoms with Crippen molar-refractivity contribution in [3.8, 4) is 0 Å². The van der Waals surface area contributed by atoms with Gasteiger partial charge in [0.1, 0.15) is 18.4 Å². The highest BCUT2D eigenvalue weighted by atomic mass is 32.1. The predicted octanol–water partition coefficient (Wildman–Crippen LogP) is 1.68. The van der Waals surface area contributed by atoms with E-state index in [9.17, 15) is 4.39 Å². The van der Waals surface area contributed by atoms with Crippen LogP contribution < -0.4 is 15.5 Å². The van der Waals surface area contributed by atoms with E-state index in [0.29, 0.717) is 11.7 Å². The van der Waals surface area contributed by atoms with E-state index in [0.717, 1.165) is 12.1 Å². The average molecular weight is 332 g/mol. The Balaban J connectivity index is 1.93. The highest BCUT2D eigenvalue weighted by Crippen LogP contribution is 2.10. The Bertz CT molecular complexity index is 614. The minimum atomic E-state index is -0.229. The molecule has 0 unspecified atom stereocenters. The van der Waals surface area contributed by atoms with Crippen molar-refractivity contribution < 1.29 is 9.29 Å². The smallest absolute Gasteiger partial charge is 0.167 e. The van der Waals surface area contributed by atoms with E-state index < -0.39 is 0 Å². The van der Waals surface area contributed by atoms with Crippen LogP contribution in [0.25, 0.3) is 0 Å². The van der Waals surface area contributed by atoms with E-state index in [1.165, 1.54) is 22.6 Å². The number of quaternary nitrogens is 1. The molecular formula is C18H23FN3S+. The Morgan fingerprint density at radius 2 is 1.74 bits per heavy atom. The third-order valence-electron chi connectivity index (χ3n) is 3.49. The molecule has 1 atom stereocenters. The number of hydrogen-bond acceptors (Lipinski definition) is 1. The van der Waals surface area contributed by atoms with Crippen LogP contribution in [0.15, 0.2) is 54.6 Å². The van der Waals surface area contributed by atoms with Gasteiger partial charge in [0.05, 0.1) is 14.1 Å². The minimum Gasteiger partial charge on any atom is -0.359 e. The fourth-order valence-corrected chi connectivity index (χ4v) is 2.55. The van der Waals surface area contributed by atoms with Crippen molar-refractivity contribution in [1.29, 1.82) is 0 Å². The van der Waals surface area contributed by atoms with Gasteiger partial charge in [-0.1, -0.05) is 42.5 Å². The van der Waals surface area contributed by atoms with Gasteiger partial charge < -0.3 is 15.5 Å². The summed E-state index contributed by atoms with van der Waals surface area (Å²) in [6, 6.07) is 16.8. The number of rotatable bonds is 6. The van der Waals surface area contributed by atoms with Crippen LogP contribution in [0, 0.1) is 5.82 Å². The molecule has 0 aliphatic rings. The van der Waals surface area contributed by atoms with Crippen molar-refractivity contribution in [3.63, 3.8) is 0 Å². The Kier molecular flexibility index (Phi) is 6.50. The molecule has 0 saturated carbocycles. The van der Waals surface area contributed by atoms with Crippen LogP contribution in [0.2, 0.25) is 0 Å². The molecule has 0 spiro atoms. The van der Waals surface area contributed by atoms with Crippen molar-refractivity contribution in [1.82, 2.24) is 10.6 Å². The molecule has 2 aromatic rings. The lowest BCUT2D eigenvalue weighted by Gasteiger charge is -2.22. The summed E-state index contributed by atoms with van der Waals surface area (Å²) in [5.41, 5.74) is 2.20. The molecule has 122 valence electrons. The predicted molar refractivity (Wildman–Crippen MR) is 95.8 cm³/mol. The van der Waals surface area contributed by atoms with Crippen LogP contribution in [0.3, 0.4) is 0 Å². The molecule has 0 fully saturated rings. The highest BCUT2D eigenvalue weighted by molar-refractivity contribution is 7.80. The zero-order chi connectivity index (χ0) is 16.7. The van der Waals surface area contributed by atoms with Crippen LogP contribution in [-0.2, 0) is 6.54 Å². The van der Waals surface area contributed by atoms with Gasteiger partial charge in [0.2, 0.25) is 0 Å². The first kappa shape index (κ1) is 17.4. The lowest BCUT2D eigenvalue weighted by molar-refractivity contribution is -0.860. The molecule has 3 nitrogen and oxygen atoms in total. The summed E-state index contributed by atoms with van der Waals surface area (Å²) in [4.78, 5) is 1.34. The first-order valence-corrected chi connectivity index (χ1v) is 8.08. The van der Waals surface area contributed by atoms with Gasteiger partial charge in [0.25, 0.3) is 0 Å². The number of thiocarbonyl (C=S) groups is 1. The molecule has 0 aliphatic heterocycles. The molecule has 0 bridgehead atoms. The number of likely N-dealkylation sites (N-methyl/N-ethyl adjacent to an activating group) is 1. The van der Waals surface area contributed by atoms with Crippen LogP contribution in [0.1, 0.15) is 17.2 Å². The first-order valence-electron chi connectivity index (χ1n) is 7.67. The largest absolute Gasteiger partial charge is 0.359 e. The Morgan fingerprint density at radius 1 is 1.09 bits per heavy atom. The topological polar surface area (TPSA) is 28.5 Å². The zero-order valence-corrected chi connectivity index (χ0v) is 14.3. The first-order chi connectivity index (χ1) is 11.0. The maximum absolute atomic E-state index is 12.9. The number of halogens is 1. The quantitative estimate of drug-likeness (QED) is 0.703. The summed E-state index contributed by atoms with van der Waals surface area (Å²) in [7, 11) is 4.24. The molecule has 0 aliphatic carbocycles. The van der Waals surface area contributed by atoms with E-state index in [1.807, 2.05) is 18.2 Å². The SMILES string of the molecule is C[NH+](C)C[C@@H](NC(=S)NCc1ccc(F)cc1)c1ccccc1. The number of nitrogens with one attached hydrogen (secondary N) is 3. The van der Waals surface area contributed by atoms with Gasteiger partial charge in [-0.25, -0.2) is 4.39 Å². The molecule has 2 aromatic carbocycles. The van der Waals surface area contributed by atoms with E-state index >= 15 is 0 Å². The van der Waals surface area contributed by atoms with Gasteiger partial charge in [0, 0.05) is 6.54 Å². The molecule has 3 N–H and O–H groups in total. The van der Waals surface area contributed by atoms with Gasteiger partial charge in [0.15, 0.2) is 5.11 Å². The molecule has 2 rings (SSSR count). The van der Waals surface area contributed by atoms with Gasteiger partial charge in [-0.05, 0) is 35.5 Å². The van der Waals surface area contributed by atoms with Crippen molar-refractivity contribution in [2.45, 2.75) is 12.6 Å². The van der Waals surface area contributed by atoms with Gasteiger partial charge in [-0.2, -0.15) is 0 Å². The van der Waals surface area contributed by atoms with E-state index in [-0.39, 0.29) is 11.9 Å². The van der Waals surface area contributed by atoms with Crippen LogP contribution in [0.4, 0.5) is 4.39 Å². The van der Waals surface area contributed by atoms with Crippen molar-refractivity contribution >= 4 is 17.3 Å². The Hall–Kier alpha value is -1.98. The second kappa shape index (κ2) is 8.60. The summed E-state index contributed by atoms with van der Waals surface area (Å²) in [5.74, 6) is -0.229. The van der Waals surface area contributed by atoms with Crippen molar-refractivity contribution in [2.75, 3.05) is 20.6 Å². The molecule has 5 heteroatoms. The number of benzene rings is 2. The third kappa shape index (κ3) is 5.96. The Labute approximate surface area is 142 Å². The summed E-state index contributed by atoms with van der Waals surface area (Å²) < 4.78 is 12.9. The number of hydrogen-bond donors (Lipinski definition) is 3. The molecule has 0 aromatic heterocycles. The minimum absolute atomic E-state index is 0.148. The monoisotopic (exact) mass is 332 g/mol. The summed E-state index contributed by atoms with van der Waals surface area (Å²) in [5, 5.41) is 7.15. The fraction of sp³-hybridized carbons (Fsp3) is 0.278. The molecule has 0 heterocycles. The summed E-state index contributed by atoms with van der Waals surface area (Å²) >= 11 is 5.40. The Morgan fingerprint density at radius 3 is 2.35 bits per heavy atom. The third-order valence-corrected chi connectivity index (χ3v) is 3.75. The van der Waals surface area contributed by atoms with Crippen LogP contribution >= 0.6 is 12.2 Å². The summed E-state index contributed by atoms with van der Waals surface area (Å²) in [6.45, 7) is 1.49. The van der Waals surface area contributed by atoms with Gasteiger partial charge in [-0.15, -0.1) is 0 Å². The second-order valence-corrected chi connectivity index (χ2v) is 6.24. The maximum Gasteiger partial charge on any atom is 0.167 e. The van der Waals surface area contributed by atoms with Crippen LogP contribution in [0.5, 0.6) is 0 Å². The zero-order valence-electron chi connectivity index (χ0n) is 13.5. The van der Waals surface area contributed by atoms with Crippen molar-refractivity contribution in [2.24, 2.45) is 0 Å². The molecular weight excluding hydrogens is 309 g/mol. The molecule has 23 heavy (non-hydrogen) atoms. The van der Waals surface area contributed by atoms with E-state index in [4.69, 9.17) is 12.2 Å². The van der Waals surface area contributed by atoms with Crippen molar-refractivity contribution in [3.05, 3.63) is 71.5 Å². The molecule has 0 radical (unpaired) electrons. The average Bonchev–Trinajstić information content (AvgIpc) is 2.54.